The number of aromatic nitrogens is 2. The van der Waals surface area contributed by atoms with Crippen molar-refractivity contribution in [2.75, 3.05) is 35.2 Å². The maximum Gasteiger partial charge on any atom is 0.309 e. The van der Waals surface area contributed by atoms with Crippen LogP contribution < -0.4 is 21.1 Å². The number of hydrogen-bond acceptors (Lipinski definition) is 7. The molecule has 1 aromatic carbocycles. The molecule has 1 unspecified atom stereocenters. The molecule has 4 rings (SSSR count). The Bertz CT molecular complexity index is 1210. The van der Waals surface area contributed by atoms with E-state index in [9.17, 15) is 19.2 Å². The second kappa shape index (κ2) is 10.1. The Balaban J connectivity index is 1.52. The van der Waals surface area contributed by atoms with Crippen LogP contribution in [0.2, 0.25) is 0 Å². The van der Waals surface area contributed by atoms with E-state index in [0.717, 1.165) is 11.1 Å². The van der Waals surface area contributed by atoms with Crippen LogP contribution in [0.4, 0.5) is 17.5 Å². The van der Waals surface area contributed by atoms with E-state index < -0.39 is 17.4 Å². The number of amides is 2. The molecule has 0 radical (unpaired) electrons. The van der Waals surface area contributed by atoms with Crippen LogP contribution in [0.15, 0.2) is 35.6 Å². The average molecular weight is 480 g/mol. The molecule has 0 bridgehead atoms. The third kappa shape index (κ3) is 5.26. The number of H-pyrrole nitrogens is 1. The zero-order chi connectivity index (χ0) is 25.1. The standard InChI is InChI=1S/C25H29N5O5/c1-4-35-24(34)16-9-11-30(12-10-16)25-28-21-20(23(33)29-25)18(13-19(31)27-21)22(32)26-17-7-5-15(6-8-17)14(2)3/h5-8,16,18H,2,4,9-13H2,1,3H3,(H,26,32)(H2,27,28,29,31,33). The smallest absolute Gasteiger partial charge is 0.309 e. The monoisotopic (exact) mass is 479 g/mol. The molecule has 1 atom stereocenters. The van der Waals surface area contributed by atoms with Crippen molar-refractivity contribution < 1.29 is 19.1 Å². The summed E-state index contributed by atoms with van der Waals surface area (Å²) in [6.45, 7) is 8.90. The third-order valence-electron chi connectivity index (χ3n) is 6.31. The number of ether oxygens (including phenoxy) is 1. The second-order valence-electron chi connectivity index (χ2n) is 8.82. The number of piperidine rings is 1. The zero-order valence-electron chi connectivity index (χ0n) is 19.8. The van der Waals surface area contributed by atoms with Crippen LogP contribution in [0.5, 0.6) is 0 Å². The quantitative estimate of drug-likeness (QED) is 0.543. The van der Waals surface area contributed by atoms with Crippen LogP contribution >= 0.6 is 0 Å². The molecule has 1 saturated heterocycles. The van der Waals surface area contributed by atoms with Crippen LogP contribution in [0, 0.1) is 5.92 Å². The van der Waals surface area contributed by atoms with Crippen molar-refractivity contribution in [1.82, 2.24) is 9.97 Å². The summed E-state index contributed by atoms with van der Waals surface area (Å²) < 4.78 is 5.10. The van der Waals surface area contributed by atoms with Crippen molar-refractivity contribution in [3.05, 3.63) is 52.3 Å². The van der Waals surface area contributed by atoms with Gasteiger partial charge in [0.1, 0.15) is 5.82 Å². The molecule has 0 saturated carbocycles. The number of carbonyl (C=O) groups is 3. The van der Waals surface area contributed by atoms with Gasteiger partial charge in [0.25, 0.3) is 5.56 Å². The lowest BCUT2D eigenvalue weighted by Crippen LogP contribution is -2.41. The van der Waals surface area contributed by atoms with Crippen LogP contribution in [0.3, 0.4) is 0 Å². The van der Waals surface area contributed by atoms with Gasteiger partial charge in [-0.25, -0.2) is 0 Å². The first kappa shape index (κ1) is 24.2. The van der Waals surface area contributed by atoms with E-state index in [4.69, 9.17) is 4.74 Å². The van der Waals surface area contributed by atoms with Gasteiger partial charge in [-0.2, -0.15) is 4.98 Å². The fraction of sp³-hybridized carbons (Fsp3) is 0.400. The van der Waals surface area contributed by atoms with E-state index in [1.54, 1.807) is 19.1 Å². The molecular formula is C25H29N5O5. The number of nitrogens with one attached hydrogen (secondary N) is 3. The summed E-state index contributed by atoms with van der Waals surface area (Å²) in [5.41, 5.74) is 2.06. The number of hydrogen-bond donors (Lipinski definition) is 3. The molecule has 184 valence electrons. The Kier molecular flexibility index (Phi) is 6.99. The lowest BCUT2D eigenvalue weighted by Gasteiger charge is -2.32. The predicted octanol–water partition coefficient (Wildman–Crippen LogP) is 2.65. The number of fused-ring (bicyclic) bond motifs is 1. The molecule has 3 N–H and O–H groups in total. The van der Waals surface area contributed by atoms with E-state index in [2.05, 4.69) is 27.2 Å². The number of allylic oxidation sites excluding steroid dienone is 1. The molecule has 10 nitrogen and oxygen atoms in total. The van der Waals surface area contributed by atoms with E-state index in [1.165, 1.54) is 0 Å². The van der Waals surface area contributed by atoms with Gasteiger partial charge in [-0.15, -0.1) is 0 Å². The molecule has 2 aliphatic heterocycles. The van der Waals surface area contributed by atoms with Gasteiger partial charge in [0.05, 0.1) is 24.0 Å². The van der Waals surface area contributed by atoms with Crippen LogP contribution in [0.25, 0.3) is 5.57 Å². The van der Waals surface area contributed by atoms with Crippen LogP contribution in [0.1, 0.15) is 50.2 Å². The van der Waals surface area contributed by atoms with E-state index >= 15 is 0 Å². The maximum atomic E-state index is 13.0. The van der Waals surface area contributed by atoms with E-state index in [-0.39, 0.29) is 35.6 Å². The molecular weight excluding hydrogens is 450 g/mol. The van der Waals surface area contributed by atoms with Crippen molar-refractivity contribution in [2.45, 2.75) is 39.0 Å². The van der Waals surface area contributed by atoms with Crippen LogP contribution in [-0.2, 0) is 19.1 Å². The number of carbonyl (C=O) groups excluding carboxylic acids is 3. The minimum absolute atomic E-state index is 0.0882. The lowest BCUT2D eigenvalue weighted by molar-refractivity contribution is -0.148. The summed E-state index contributed by atoms with van der Waals surface area (Å²) in [7, 11) is 0. The van der Waals surface area contributed by atoms with Gasteiger partial charge in [-0.05, 0) is 44.4 Å². The van der Waals surface area contributed by atoms with Crippen molar-refractivity contribution in [3.63, 3.8) is 0 Å². The fourth-order valence-electron chi connectivity index (χ4n) is 4.39. The van der Waals surface area contributed by atoms with Crippen molar-refractivity contribution >= 4 is 40.8 Å². The predicted molar refractivity (Wildman–Crippen MR) is 132 cm³/mol. The summed E-state index contributed by atoms with van der Waals surface area (Å²) in [6.07, 6.45) is 0.986. The normalized spacial score (nSPS) is 17.8. The maximum absolute atomic E-state index is 13.0. The molecule has 3 heterocycles. The molecule has 35 heavy (non-hydrogen) atoms. The number of benzene rings is 1. The average Bonchev–Trinajstić information content (AvgIpc) is 2.83. The van der Waals surface area contributed by atoms with Crippen molar-refractivity contribution in [1.29, 1.82) is 0 Å². The molecule has 1 aromatic heterocycles. The number of anilines is 3. The Morgan fingerprint density at radius 2 is 1.89 bits per heavy atom. The summed E-state index contributed by atoms with van der Waals surface area (Å²) >= 11 is 0. The molecule has 2 aliphatic rings. The van der Waals surface area contributed by atoms with Gasteiger partial charge < -0.3 is 20.3 Å². The zero-order valence-corrected chi connectivity index (χ0v) is 19.8. The minimum atomic E-state index is -0.973. The Morgan fingerprint density at radius 1 is 1.20 bits per heavy atom. The highest BCUT2D eigenvalue weighted by molar-refractivity contribution is 6.04. The summed E-state index contributed by atoms with van der Waals surface area (Å²) in [4.78, 5) is 59.5. The summed E-state index contributed by atoms with van der Waals surface area (Å²) in [5.74, 6) is -1.83. The third-order valence-corrected chi connectivity index (χ3v) is 6.31. The second-order valence-corrected chi connectivity index (χ2v) is 8.82. The minimum Gasteiger partial charge on any atom is -0.466 e. The highest BCUT2D eigenvalue weighted by atomic mass is 16.5. The van der Waals surface area contributed by atoms with Gasteiger partial charge in [-0.3, -0.25) is 24.2 Å². The van der Waals surface area contributed by atoms with Gasteiger partial charge in [0.15, 0.2) is 0 Å². The van der Waals surface area contributed by atoms with Gasteiger partial charge in [0.2, 0.25) is 17.8 Å². The molecule has 1 fully saturated rings. The molecule has 2 aromatic rings. The molecule has 2 amide bonds. The summed E-state index contributed by atoms with van der Waals surface area (Å²) in [5, 5.41) is 5.42. The first-order valence-electron chi connectivity index (χ1n) is 11.7. The highest BCUT2D eigenvalue weighted by Crippen LogP contribution is 2.31. The lowest BCUT2D eigenvalue weighted by atomic mass is 9.92. The van der Waals surface area contributed by atoms with Gasteiger partial charge >= 0.3 is 5.97 Å². The molecule has 0 spiro atoms. The van der Waals surface area contributed by atoms with Crippen molar-refractivity contribution in [3.8, 4) is 0 Å². The van der Waals surface area contributed by atoms with Crippen LogP contribution in [-0.4, -0.2) is 47.4 Å². The van der Waals surface area contributed by atoms with E-state index in [1.807, 2.05) is 24.0 Å². The van der Waals surface area contributed by atoms with Gasteiger partial charge in [0, 0.05) is 25.2 Å². The van der Waals surface area contributed by atoms with E-state index in [0.29, 0.717) is 44.2 Å². The number of rotatable bonds is 6. The fourth-order valence-corrected chi connectivity index (χ4v) is 4.39. The molecule has 0 aliphatic carbocycles. The SMILES string of the molecule is C=C(C)c1ccc(NC(=O)C2CC(=O)Nc3nc(N4CCC(C(=O)OCC)CC4)[nH]c(=O)c32)cc1. The largest absolute Gasteiger partial charge is 0.466 e. The molecule has 10 heteroatoms. The number of esters is 1. The first-order chi connectivity index (χ1) is 16.8. The number of aromatic amines is 1. The topological polar surface area (TPSA) is 133 Å². The van der Waals surface area contributed by atoms with Gasteiger partial charge in [-0.1, -0.05) is 24.3 Å². The Hall–Kier alpha value is -3.95. The number of nitrogens with zero attached hydrogens (tertiary/aromatic N) is 2. The Morgan fingerprint density at radius 3 is 2.51 bits per heavy atom. The van der Waals surface area contributed by atoms with Crippen molar-refractivity contribution in [2.24, 2.45) is 5.92 Å². The Labute approximate surface area is 202 Å². The summed E-state index contributed by atoms with van der Waals surface area (Å²) in [6, 6.07) is 7.17. The first-order valence-corrected chi connectivity index (χ1v) is 11.7. The highest BCUT2D eigenvalue weighted by Gasteiger charge is 2.36.